The number of carbonyl (C=O) groups is 1. The molecule has 1 aromatic carbocycles. The van der Waals surface area contributed by atoms with Crippen LogP contribution in [0.5, 0.6) is 17.4 Å². The van der Waals surface area contributed by atoms with Crippen LogP contribution in [0.15, 0.2) is 29.5 Å². The van der Waals surface area contributed by atoms with Crippen LogP contribution >= 0.6 is 0 Å². The van der Waals surface area contributed by atoms with Crippen LogP contribution in [-0.4, -0.2) is 66.0 Å². The van der Waals surface area contributed by atoms with Crippen molar-refractivity contribution in [2.24, 2.45) is 4.99 Å². The van der Waals surface area contributed by atoms with Crippen LogP contribution in [0.4, 0.5) is 11.5 Å². The maximum absolute atomic E-state index is 12.1. The van der Waals surface area contributed by atoms with Crippen molar-refractivity contribution >= 4 is 34.7 Å². The Bertz CT molecular complexity index is 1130. The summed E-state index contributed by atoms with van der Waals surface area (Å²) in [6.07, 6.45) is 3.93. The normalized spacial score (nSPS) is 15.3. The Morgan fingerprint density at radius 1 is 1.29 bits per heavy atom. The van der Waals surface area contributed by atoms with Gasteiger partial charge >= 0.3 is 0 Å². The van der Waals surface area contributed by atoms with Crippen molar-refractivity contribution in [2.45, 2.75) is 12.8 Å². The molecule has 0 unspecified atom stereocenters. The van der Waals surface area contributed by atoms with Crippen LogP contribution in [0.1, 0.15) is 18.4 Å². The van der Waals surface area contributed by atoms with E-state index in [2.05, 4.69) is 25.3 Å². The lowest BCUT2D eigenvalue weighted by Gasteiger charge is -2.19. The zero-order valence-electron chi connectivity index (χ0n) is 17.4. The molecule has 10 nitrogen and oxygen atoms in total. The average molecular weight is 424 g/mol. The van der Waals surface area contributed by atoms with Gasteiger partial charge in [0, 0.05) is 38.8 Å². The summed E-state index contributed by atoms with van der Waals surface area (Å²) >= 11 is 0. The second-order valence-corrected chi connectivity index (χ2v) is 7.13. The molecule has 1 aliphatic heterocycles. The fourth-order valence-corrected chi connectivity index (χ4v) is 3.40. The zero-order chi connectivity index (χ0) is 21.8. The predicted octanol–water partition coefficient (Wildman–Crippen LogP) is 2.15. The number of nitrogens with one attached hydrogen (secondary N) is 2. The number of benzene rings is 1. The average Bonchev–Trinajstić information content (AvgIpc) is 3.09. The maximum atomic E-state index is 12.1. The number of hydrogen-bond acceptors (Lipinski definition) is 8. The minimum atomic E-state index is -0.0508. The van der Waals surface area contributed by atoms with E-state index in [9.17, 15) is 9.90 Å². The maximum Gasteiger partial charge on any atom is 0.220 e. The summed E-state index contributed by atoms with van der Waals surface area (Å²) < 4.78 is 11.2. The number of aromatic hydroxyl groups is 1. The lowest BCUT2D eigenvalue weighted by molar-refractivity contribution is -0.121. The molecule has 1 aliphatic rings. The Labute approximate surface area is 178 Å². The summed E-state index contributed by atoms with van der Waals surface area (Å²) in [6, 6.07) is 5.31. The monoisotopic (exact) mass is 424 g/mol. The second kappa shape index (κ2) is 8.90. The van der Waals surface area contributed by atoms with Crippen molar-refractivity contribution < 1.29 is 19.4 Å². The molecule has 3 heterocycles. The molecule has 0 aliphatic carbocycles. The number of aromatic nitrogens is 3. The van der Waals surface area contributed by atoms with Gasteiger partial charge < -0.3 is 29.8 Å². The van der Waals surface area contributed by atoms with Crippen LogP contribution in [-0.2, 0) is 4.79 Å². The van der Waals surface area contributed by atoms with Gasteiger partial charge in [-0.25, -0.2) is 9.97 Å². The molecule has 0 radical (unpaired) electrons. The number of likely N-dealkylation sites (N-methyl/N-ethyl adjacent to an activating group) is 1. The van der Waals surface area contributed by atoms with Crippen LogP contribution in [0.3, 0.4) is 0 Å². The highest BCUT2D eigenvalue weighted by molar-refractivity contribution is 6.06. The molecule has 3 aromatic rings. The lowest BCUT2D eigenvalue weighted by Crippen LogP contribution is -2.33. The van der Waals surface area contributed by atoms with Gasteiger partial charge in [0.15, 0.2) is 17.4 Å². The third-order valence-corrected chi connectivity index (χ3v) is 5.02. The summed E-state index contributed by atoms with van der Waals surface area (Å²) in [4.78, 5) is 30.0. The smallest absolute Gasteiger partial charge is 0.220 e. The van der Waals surface area contributed by atoms with Crippen molar-refractivity contribution in [2.75, 3.05) is 38.8 Å². The molecule has 0 atom stereocenters. The number of H-pyrrole nitrogens is 1. The summed E-state index contributed by atoms with van der Waals surface area (Å²) in [5, 5.41) is 14.0. The number of fused-ring (bicyclic) bond motifs is 2. The molecule has 1 amide bonds. The highest BCUT2D eigenvalue weighted by atomic mass is 16.5. The van der Waals surface area contributed by atoms with Gasteiger partial charge in [-0.2, -0.15) is 0 Å². The Hall–Kier alpha value is -3.82. The number of ether oxygens (including phenoxy) is 2. The third kappa shape index (κ3) is 4.37. The molecule has 31 heavy (non-hydrogen) atoms. The van der Waals surface area contributed by atoms with Crippen molar-refractivity contribution in [3.8, 4) is 17.4 Å². The van der Waals surface area contributed by atoms with Gasteiger partial charge in [0.25, 0.3) is 0 Å². The van der Waals surface area contributed by atoms with Crippen molar-refractivity contribution in [1.29, 1.82) is 0 Å². The number of carbonyl (C=O) groups excluding carboxylic acids is 1. The standard InChI is InChI=1S/C21H24N6O4/c1-27-8-7-22-17(28)4-3-9-31-16-10-13(5-6-15(16)30-2)23-11-14-18-19(26-21(14)29)24-12-25-20(18)27/h5-6,10-12,29H,3-4,7-9H2,1-2H3,(H,22,28)(H,24,25,26). The van der Waals surface area contributed by atoms with Crippen LogP contribution in [0.2, 0.25) is 0 Å². The third-order valence-electron chi connectivity index (χ3n) is 5.02. The molecule has 162 valence electrons. The molecule has 2 bridgehead atoms. The topological polar surface area (TPSA) is 125 Å². The lowest BCUT2D eigenvalue weighted by atomic mass is 10.2. The zero-order valence-corrected chi connectivity index (χ0v) is 17.4. The summed E-state index contributed by atoms with van der Waals surface area (Å²) in [5.41, 5.74) is 1.60. The van der Waals surface area contributed by atoms with Crippen LogP contribution in [0.25, 0.3) is 11.0 Å². The first-order valence-corrected chi connectivity index (χ1v) is 9.95. The highest BCUT2D eigenvalue weighted by Gasteiger charge is 2.18. The van der Waals surface area contributed by atoms with E-state index in [4.69, 9.17) is 9.47 Å². The number of aromatic amines is 1. The molecule has 2 aromatic heterocycles. The number of rotatable bonds is 1. The Morgan fingerprint density at radius 3 is 3.00 bits per heavy atom. The van der Waals surface area contributed by atoms with Crippen LogP contribution < -0.4 is 19.7 Å². The van der Waals surface area contributed by atoms with E-state index < -0.39 is 0 Å². The van der Waals surface area contributed by atoms with E-state index in [1.165, 1.54) is 6.33 Å². The largest absolute Gasteiger partial charge is 0.494 e. The van der Waals surface area contributed by atoms with Gasteiger partial charge in [0.2, 0.25) is 5.91 Å². The Morgan fingerprint density at radius 2 is 2.16 bits per heavy atom. The van der Waals surface area contributed by atoms with Gasteiger partial charge in [-0.05, 0) is 18.6 Å². The van der Waals surface area contributed by atoms with Gasteiger partial charge in [-0.15, -0.1) is 0 Å². The molecule has 4 rings (SSSR count). The van der Waals surface area contributed by atoms with E-state index in [1.807, 2.05) is 11.9 Å². The van der Waals surface area contributed by atoms with Gasteiger partial charge in [0.05, 0.1) is 30.4 Å². The van der Waals surface area contributed by atoms with E-state index >= 15 is 0 Å². The first kappa shape index (κ1) is 20.5. The molecule has 3 N–H and O–H groups in total. The van der Waals surface area contributed by atoms with Crippen molar-refractivity contribution in [3.05, 3.63) is 30.1 Å². The second-order valence-electron chi connectivity index (χ2n) is 7.13. The minimum Gasteiger partial charge on any atom is -0.494 e. The molecular weight excluding hydrogens is 400 g/mol. The van der Waals surface area contributed by atoms with Crippen molar-refractivity contribution in [3.63, 3.8) is 0 Å². The van der Waals surface area contributed by atoms with Gasteiger partial charge in [0.1, 0.15) is 17.8 Å². The first-order chi connectivity index (χ1) is 15.1. The Kier molecular flexibility index (Phi) is 5.87. The number of nitrogens with zero attached hydrogens (tertiary/aromatic N) is 4. The molecular formula is C21H24N6O4. The number of methoxy groups -OCH3 is 1. The number of aliphatic imine (C=N–C) groups is 1. The molecule has 0 fully saturated rings. The van der Waals surface area contributed by atoms with Crippen molar-refractivity contribution in [1.82, 2.24) is 20.3 Å². The molecule has 0 saturated heterocycles. The highest BCUT2D eigenvalue weighted by Crippen LogP contribution is 2.34. The van der Waals surface area contributed by atoms with Gasteiger partial charge in [-0.1, -0.05) is 0 Å². The molecule has 0 saturated carbocycles. The van der Waals surface area contributed by atoms with E-state index in [-0.39, 0.29) is 11.8 Å². The predicted molar refractivity (Wildman–Crippen MR) is 117 cm³/mol. The SMILES string of the molecule is COc1ccc2cc1OCCCC(=O)NCCN(C)c1ncnc3[nH]c(O)c(c13)C=N2. The first-order valence-electron chi connectivity index (χ1n) is 9.95. The fourth-order valence-electron chi connectivity index (χ4n) is 3.40. The van der Waals surface area contributed by atoms with Gasteiger partial charge in [-0.3, -0.25) is 9.79 Å². The minimum absolute atomic E-state index is 0.0434. The molecule has 0 spiro atoms. The quantitative estimate of drug-likeness (QED) is 0.547. The van der Waals surface area contributed by atoms with E-state index in [1.54, 1.807) is 31.5 Å². The summed E-state index contributed by atoms with van der Waals surface area (Å²) in [7, 11) is 3.44. The fraction of sp³-hybridized carbons (Fsp3) is 0.333. The molecule has 10 heteroatoms. The number of amides is 1. The number of anilines is 1. The van der Waals surface area contributed by atoms with E-state index in [0.717, 1.165) is 0 Å². The number of hydrogen-bond donors (Lipinski definition) is 3. The van der Waals surface area contributed by atoms with E-state index in [0.29, 0.717) is 72.1 Å². The van der Waals surface area contributed by atoms with Crippen LogP contribution in [0, 0.1) is 0 Å². The summed E-state index contributed by atoms with van der Waals surface area (Å²) in [5.74, 6) is 1.64. The Balaban J connectivity index is 1.78. The summed E-state index contributed by atoms with van der Waals surface area (Å²) in [6.45, 7) is 1.36.